The molecule has 118 valence electrons. The van der Waals surface area contributed by atoms with Crippen molar-refractivity contribution in [2.45, 2.75) is 52.7 Å². The first-order chi connectivity index (χ1) is 9.91. The summed E-state index contributed by atoms with van der Waals surface area (Å²) >= 11 is 0. The number of carboxylic acids is 1. The number of rotatable bonds is 9. The molecule has 0 aliphatic heterocycles. The number of nitrogens with one attached hydrogen (secondary N) is 1. The third-order valence-corrected chi connectivity index (χ3v) is 3.63. The van der Waals surface area contributed by atoms with Gasteiger partial charge in [0.1, 0.15) is 0 Å². The van der Waals surface area contributed by atoms with E-state index in [1.54, 1.807) is 12.1 Å². The highest BCUT2D eigenvalue weighted by atomic mass is 16.4. The molecular weight excluding hydrogens is 264 g/mol. The van der Waals surface area contributed by atoms with Gasteiger partial charge in [-0.3, -0.25) is 4.90 Å². The van der Waals surface area contributed by atoms with Crippen molar-refractivity contribution in [2.24, 2.45) is 0 Å². The SMILES string of the molecule is CC(C)N(CCCNCc1ccc(C(=O)O)cc1)C(C)C. The van der Waals surface area contributed by atoms with Crippen LogP contribution in [0.3, 0.4) is 0 Å². The number of benzene rings is 1. The minimum absolute atomic E-state index is 0.336. The first-order valence-corrected chi connectivity index (χ1v) is 7.70. The number of carboxylic acid groups (broad SMARTS) is 1. The number of hydrogen-bond donors (Lipinski definition) is 2. The van der Waals surface area contributed by atoms with E-state index in [2.05, 4.69) is 37.9 Å². The van der Waals surface area contributed by atoms with E-state index < -0.39 is 5.97 Å². The van der Waals surface area contributed by atoms with Crippen LogP contribution in [0.4, 0.5) is 0 Å². The normalized spacial score (nSPS) is 11.6. The molecule has 0 amide bonds. The van der Waals surface area contributed by atoms with Crippen molar-refractivity contribution < 1.29 is 9.90 Å². The first-order valence-electron chi connectivity index (χ1n) is 7.70. The Morgan fingerprint density at radius 2 is 1.71 bits per heavy atom. The highest BCUT2D eigenvalue weighted by Gasteiger charge is 2.11. The summed E-state index contributed by atoms with van der Waals surface area (Å²) in [6, 6.07) is 8.19. The van der Waals surface area contributed by atoms with Crippen LogP contribution >= 0.6 is 0 Å². The lowest BCUT2D eigenvalue weighted by atomic mass is 10.1. The standard InChI is InChI=1S/C17H28N2O2/c1-13(2)19(14(3)4)11-5-10-18-12-15-6-8-16(9-7-15)17(20)21/h6-9,13-14,18H,5,10-12H2,1-4H3,(H,20,21). The Bertz CT molecular complexity index is 419. The lowest BCUT2D eigenvalue weighted by Crippen LogP contribution is -2.38. The summed E-state index contributed by atoms with van der Waals surface area (Å²) in [5.41, 5.74) is 1.45. The van der Waals surface area contributed by atoms with E-state index in [1.807, 2.05) is 12.1 Å². The largest absolute Gasteiger partial charge is 0.478 e. The van der Waals surface area contributed by atoms with E-state index >= 15 is 0 Å². The quantitative estimate of drug-likeness (QED) is 0.687. The molecule has 21 heavy (non-hydrogen) atoms. The van der Waals surface area contributed by atoms with Crippen molar-refractivity contribution in [1.29, 1.82) is 0 Å². The summed E-state index contributed by atoms with van der Waals surface area (Å²) < 4.78 is 0. The molecule has 0 saturated heterocycles. The molecule has 0 unspecified atom stereocenters. The molecule has 4 nitrogen and oxygen atoms in total. The molecule has 1 aromatic carbocycles. The van der Waals surface area contributed by atoms with E-state index in [0.29, 0.717) is 17.6 Å². The average Bonchev–Trinajstić information content (AvgIpc) is 2.42. The van der Waals surface area contributed by atoms with Gasteiger partial charge in [0.2, 0.25) is 0 Å². The van der Waals surface area contributed by atoms with E-state index in [0.717, 1.165) is 31.6 Å². The molecule has 0 bridgehead atoms. The minimum atomic E-state index is -0.878. The molecule has 0 spiro atoms. The molecule has 0 aromatic heterocycles. The summed E-state index contributed by atoms with van der Waals surface area (Å²) in [4.78, 5) is 13.3. The van der Waals surface area contributed by atoms with Gasteiger partial charge < -0.3 is 10.4 Å². The number of nitrogens with zero attached hydrogens (tertiary/aromatic N) is 1. The van der Waals surface area contributed by atoms with Crippen molar-refractivity contribution in [1.82, 2.24) is 10.2 Å². The molecule has 1 aromatic rings. The summed E-state index contributed by atoms with van der Waals surface area (Å²) in [5, 5.41) is 12.3. The molecule has 0 aliphatic carbocycles. The highest BCUT2D eigenvalue weighted by molar-refractivity contribution is 5.87. The molecule has 2 N–H and O–H groups in total. The summed E-state index contributed by atoms with van der Waals surface area (Å²) in [6.45, 7) is 11.8. The van der Waals surface area contributed by atoms with Gasteiger partial charge in [-0.25, -0.2) is 4.79 Å². The van der Waals surface area contributed by atoms with Gasteiger partial charge in [0.05, 0.1) is 5.56 Å². The van der Waals surface area contributed by atoms with Gasteiger partial charge in [-0.05, 0) is 64.9 Å². The lowest BCUT2D eigenvalue weighted by molar-refractivity contribution is 0.0697. The Morgan fingerprint density at radius 3 is 2.19 bits per heavy atom. The van der Waals surface area contributed by atoms with Gasteiger partial charge in [0.15, 0.2) is 0 Å². The summed E-state index contributed by atoms with van der Waals surface area (Å²) in [5.74, 6) is -0.878. The molecule has 1 rings (SSSR count). The van der Waals surface area contributed by atoms with E-state index in [4.69, 9.17) is 5.11 Å². The van der Waals surface area contributed by atoms with Crippen molar-refractivity contribution in [3.05, 3.63) is 35.4 Å². The zero-order valence-electron chi connectivity index (χ0n) is 13.6. The fraction of sp³-hybridized carbons (Fsp3) is 0.588. The molecule has 0 radical (unpaired) electrons. The van der Waals surface area contributed by atoms with Crippen LogP contribution in [0.2, 0.25) is 0 Å². The van der Waals surface area contributed by atoms with E-state index in [9.17, 15) is 4.79 Å². The molecule has 4 heteroatoms. The second-order valence-corrected chi connectivity index (χ2v) is 5.96. The maximum absolute atomic E-state index is 10.8. The van der Waals surface area contributed by atoms with Crippen LogP contribution in [-0.2, 0) is 6.54 Å². The number of carbonyl (C=O) groups is 1. The van der Waals surface area contributed by atoms with Crippen molar-refractivity contribution >= 4 is 5.97 Å². The Labute approximate surface area is 128 Å². The third-order valence-electron chi connectivity index (χ3n) is 3.63. The van der Waals surface area contributed by atoms with Crippen LogP contribution in [0.5, 0.6) is 0 Å². The number of hydrogen-bond acceptors (Lipinski definition) is 3. The predicted molar refractivity (Wildman–Crippen MR) is 86.7 cm³/mol. The topological polar surface area (TPSA) is 52.6 Å². The van der Waals surface area contributed by atoms with Crippen molar-refractivity contribution in [3.63, 3.8) is 0 Å². The zero-order chi connectivity index (χ0) is 15.8. The second-order valence-electron chi connectivity index (χ2n) is 5.96. The van der Waals surface area contributed by atoms with Gasteiger partial charge in [-0.2, -0.15) is 0 Å². The molecule has 0 aliphatic rings. The molecule has 0 saturated carbocycles. The van der Waals surface area contributed by atoms with Crippen LogP contribution < -0.4 is 5.32 Å². The smallest absolute Gasteiger partial charge is 0.335 e. The van der Waals surface area contributed by atoms with Gasteiger partial charge in [0, 0.05) is 18.6 Å². The fourth-order valence-corrected chi connectivity index (χ4v) is 2.50. The Kier molecular flexibility index (Phi) is 7.40. The molecule has 0 atom stereocenters. The van der Waals surface area contributed by atoms with Gasteiger partial charge in [-0.1, -0.05) is 12.1 Å². The Morgan fingerprint density at radius 1 is 1.14 bits per heavy atom. The summed E-state index contributed by atoms with van der Waals surface area (Å²) in [7, 11) is 0. The molecule has 0 heterocycles. The predicted octanol–water partition coefficient (Wildman–Crippen LogP) is 2.98. The van der Waals surface area contributed by atoms with Crippen molar-refractivity contribution in [2.75, 3.05) is 13.1 Å². The second kappa shape index (κ2) is 8.80. The summed E-state index contributed by atoms with van der Waals surface area (Å²) in [6.07, 6.45) is 1.11. The molecular formula is C17H28N2O2. The fourth-order valence-electron chi connectivity index (χ4n) is 2.50. The maximum Gasteiger partial charge on any atom is 0.335 e. The van der Waals surface area contributed by atoms with Crippen molar-refractivity contribution in [3.8, 4) is 0 Å². The number of aromatic carboxylic acids is 1. The zero-order valence-corrected chi connectivity index (χ0v) is 13.6. The average molecular weight is 292 g/mol. The van der Waals surface area contributed by atoms with Gasteiger partial charge in [-0.15, -0.1) is 0 Å². The Balaban J connectivity index is 2.26. The van der Waals surface area contributed by atoms with Crippen LogP contribution in [0, 0.1) is 0 Å². The van der Waals surface area contributed by atoms with E-state index in [1.165, 1.54) is 0 Å². The lowest BCUT2D eigenvalue weighted by Gasteiger charge is -2.30. The minimum Gasteiger partial charge on any atom is -0.478 e. The monoisotopic (exact) mass is 292 g/mol. The third kappa shape index (κ3) is 6.27. The van der Waals surface area contributed by atoms with E-state index in [-0.39, 0.29) is 0 Å². The van der Waals surface area contributed by atoms with Crippen LogP contribution in [0.15, 0.2) is 24.3 Å². The van der Waals surface area contributed by atoms with Crippen LogP contribution in [0.1, 0.15) is 50.0 Å². The van der Waals surface area contributed by atoms with Crippen LogP contribution in [0.25, 0.3) is 0 Å². The maximum atomic E-state index is 10.8. The highest BCUT2D eigenvalue weighted by Crippen LogP contribution is 2.06. The Hall–Kier alpha value is -1.39. The molecule has 0 fully saturated rings. The first kappa shape index (κ1) is 17.7. The van der Waals surface area contributed by atoms with Gasteiger partial charge >= 0.3 is 5.97 Å². The van der Waals surface area contributed by atoms with Gasteiger partial charge in [0.25, 0.3) is 0 Å². The van der Waals surface area contributed by atoms with Crippen LogP contribution in [-0.4, -0.2) is 41.1 Å².